The fraction of sp³-hybridized carbons (Fsp3) is 0.263. The normalized spacial score (nSPS) is 17.0. The minimum absolute atomic E-state index is 0.0336. The van der Waals surface area contributed by atoms with Crippen LogP contribution in [-0.2, 0) is 14.4 Å². The van der Waals surface area contributed by atoms with E-state index in [2.05, 4.69) is 10.1 Å². The summed E-state index contributed by atoms with van der Waals surface area (Å²) < 4.78 is 20.1. The molecule has 0 saturated carbocycles. The van der Waals surface area contributed by atoms with Gasteiger partial charge >= 0.3 is 0 Å². The highest BCUT2D eigenvalue weighted by atomic mass is 35.5. The summed E-state index contributed by atoms with van der Waals surface area (Å²) >= 11 is 6.12. The molecular weight excluding hydrogens is 403 g/mol. The fourth-order valence-corrected chi connectivity index (χ4v) is 2.96. The Morgan fingerprint density at radius 1 is 1.28 bits per heavy atom. The second-order valence-corrected chi connectivity index (χ2v) is 6.95. The molecule has 0 bridgehead atoms. The highest BCUT2D eigenvalue weighted by Crippen LogP contribution is 2.34. The molecule has 1 aromatic carbocycles. The standard InChI is InChI=1S/C19H14ClFN4O4/c1-9(2)11-5-17(23-8-16(11)27)29-19-12(20)3-10(4-13(19)21)25-18(28)6-15(26)14(7-22)24-25/h3-5,9H,6,8H2,1-2H3. The number of hydrazone groups is 1. The molecule has 1 aromatic rings. The molecule has 1 amide bonds. The minimum Gasteiger partial charge on any atom is -0.435 e. The Morgan fingerprint density at radius 3 is 2.62 bits per heavy atom. The number of ether oxygens (including phenoxy) is 1. The van der Waals surface area contributed by atoms with Crippen molar-refractivity contribution in [3.05, 3.63) is 34.6 Å². The van der Waals surface area contributed by atoms with E-state index in [4.69, 9.17) is 21.6 Å². The van der Waals surface area contributed by atoms with Gasteiger partial charge in [-0.25, -0.2) is 9.38 Å². The highest BCUT2D eigenvalue weighted by Gasteiger charge is 2.30. The molecule has 0 aromatic heterocycles. The van der Waals surface area contributed by atoms with Gasteiger partial charge in [-0.2, -0.15) is 15.4 Å². The zero-order valence-corrected chi connectivity index (χ0v) is 16.2. The zero-order chi connectivity index (χ0) is 21.3. The number of Topliss-reactive ketones (excluding diaryl/α,β-unsaturated/α-hetero) is 2. The van der Waals surface area contributed by atoms with Crippen molar-refractivity contribution in [1.29, 1.82) is 5.26 Å². The topological polar surface area (TPSA) is 112 Å². The van der Waals surface area contributed by atoms with E-state index in [1.165, 1.54) is 12.1 Å². The van der Waals surface area contributed by atoms with Crippen molar-refractivity contribution in [2.24, 2.45) is 16.0 Å². The van der Waals surface area contributed by atoms with Crippen LogP contribution in [0, 0.1) is 23.1 Å². The summed E-state index contributed by atoms with van der Waals surface area (Å²) in [5.74, 6) is -2.85. The molecule has 0 aliphatic carbocycles. The van der Waals surface area contributed by atoms with Crippen molar-refractivity contribution in [1.82, 2.24) is 0 Å². The monoisotopic (exact) mass is 416 g/mol. The first-order chi connectivity index (χ1) is 13.7. The minimum atomic E-state index is -0.912. The molecule has 2 aliphatic rings. The molecule has 0 N–H and O–H groups in total. The molecule has 0 saturated heterocycles. The predicted molar refractivity (Wildman–Crippen MR) is 102 cm³/mol. The molecule has 2 heterocycles. The van der Waals surface area contributed by atoms with E-state index in [0.29, 0.717) is 5.57 Å². The highest BCUT2D eigenvalue weighted by molar-refractivity contribution is 6.50. The number of rotatable bonds is 3. The molecule has 2 aliphatic heterocycles. The van der Waals surface area contributed by atoms with Crippen molar-refractivity contribution < 1.29 is 23.5 Å². The lowest BCUT2D eigenvalue weighted by Gasteiger charge is -2.22. The summed E-state index contributed by atoms with van der Waals surface area (Å²) in [7, 11) is 0. The van der Waals surface area contributed by atoms with Crippen LogP contribution in [0.15, 0.2) is 33.9 Å². The number of anilines is 1. The Bertz CT molecular complexity index is 1050. The van der Waals surface area contributed by atoms with Gasteiger partial charge in [-0.05, 0) is 12.0 Å². The number of hydrogen-bond acceptors (Lipinski definition) is 7. The molecule has 0 spiro atoms. The van der Waals surface area contributed by atoms with Crippen molar-refractivity contribution in [3.8, 4) is 11.8 Å². The van der Waals surface area contributed by atoms with Gasteiger partial charge in [-0.1, -0.05) is 25.4 Å². The number of carbonyl (C=O) groups excluding carboxylic acids is 3. The van der Waals surface area contributed by atoms with Crippen molar-refractivity contribution >= 4 is 46.4 Å². The molecule has 8 nitrogen and oxygen atoms in total. The van der Waals surface area contributed by atoms with Gasteiger partial charge in [0.05, 0.1) is 17.1 Å². The first-order valence-corrected chi connectivity index (χ1v) is 8.90. The predicted octanol–water partition coefficient (Wildman–Crippen LogP) is 2.61. The fourth-order valence-electron chi connectivity index (χ4n) is 2.72. The molecular formula is C19H14ClFN4O4. The maximum absolute atomic E-state index is 14.7. The van der Waals surface area contributed by atoms with Crippen LogP contribution in [0.5, 0.6) is 5.75 Å². The van der Waals surface area contributed by atoms with Crippen LogP contribution >= 0.6 is 11.6 Å². The number of benzene rings is 1. The number of nitrogens with zero attached hydrogens (tertiary/aromatic N) is 4. The number of nitriles is 1. The zero-order valence-electron chi connectivity index (χ0n) is 15.4. The van der Waals surface area contributed by atoms with Gasteiger partial charge in [-0.3, -0.25) is 14.4 Å². The van der Waals surface area contributed by atoms with Gasteiger partial charge in [0.25, 0.3) is 5.91 Å². The van der Waals surface area contributed by atoms with Gasteiger partial charge in [0.2, 0.25) is 17.4 Å². The third-order valence-electron chi connectivity index (χ3n) is 4.15. The summed E-state index contributed by atoms with van der Waals surface area (Å²) in [6.45, 7) is 3.56. The Morgan fingerprint density at radius 2 is 2.00 bits per heavy atom. The van der Waals surface area contributed by atoms with Gasteiger partial charge in [0.15, 0.2) is 17.3 Å². The van der Waals surface area contributed by atoms with E-state index in [9.17, 15) is 18.8 Å². The number of ketones is 2. The van der Waals surface area contributed by atoms with E-state index >= 15 is 0 Å². The number of carbonyl (C=O) groups is 3. The summed E-state index contributed by atoms with van der Waals surface area (Å²) in [5, 5.41) is 13.1. The SMILES string of the molecule is CC(C)C1=CC(Oc2c(F)cc(N3N=C(C#N)C(=O)CC3=O)cc2Cl)=NCC1=O. The third-order valence-corrected chi connectivity index (χ3v) is 4.43. The lowest BCUT2D eigenvalue weighted by Crippen LogP contribution is -2.36. The van der Waals surface area contributed by atoms with E-state index in [-0.39, 0.29) is 40.6 Å². The summed E-state index contributed by atoms with van der Waals surface area (Å²) in [6, 6.07) is 3.75. The van der Waals surface area contributed by atoms with E-state index in [0.717, 1.165) is 11.1 Å². The molecule has 0 fully saturated rings. The van der Waals surface area contributed by atoms with Gasteiger partial charge < -0.3 is 4.74 Å². The van der Waals surface area contributed by atoms with E-state index < -0.39 is 29.6 Å². The van der Waals surface area contributed by atoms with Crippen LogP contribution in [0.4, 0.5) is 10.1 Å². The largest absolute Gasteiger partial charge is 0.435 e. The maximum atomic E-state index is 14.7. The van der Waals surface area contributed by atoms with E-state index in [1.807, 2.05) is 13.8 Å². The molecule has 0 radical (unpaired) electrons. The number of amides is 1. The Balaban J connectivity index is 1.92. The Kier molecular flexibility index (Phi) is 5.57. The lowest BCUT2D eigenvalue weighted by molar-refractivity contribution is -0.124. The van der Waals surface area contributed by atoms with Crippen molar-refractivity contribution in [2.45, 2.75) is 20.3 Å². The molecule has 0 atom stereocenters. The molecule has 3 rings (SSSR count). The first kappa shape index (κ1) is 20.4. The Labute approximate surface area is 169 Å². The molecule has 148 valence electrons. The smallest absolute Gasteiger partial charge is 0.255 e. The van der Waals surface area contributed by atoms with Crippen LogP contribution < -0.4 is 9.75 Å². The van der Waals surface area contributed by atoms with Gasteiger partial charge in [-0.15, -0.1) is 0 Å². The van der Waals surface area contributed by atoms with Gasteiger partial charge in [0.1, 0.15) is 12.6 Å². The second-order valence-electron chi connectivity index (χ2n) is 6.54. The van der Waals surface area contributed by atoms with Crippen molar-refractivity contribution in [2.75, 3.05) is 11.6 Å². The summed E-state index contributed by atoms with van der Waals surface area (Å²) in [6.07, 6.45) is 0.876. The van der Waals surface area contributed by atoms with E-state index in [1.54, 1.807) is 6.07 Å². The Hall–Kier alpha value is -3.38. The third kappa shape index (κ3) is 4.07. The summed E-state index contributed by atoms with van der Waals surface area (Å²) in [4.78, 5) is 39.4. The molecule has 10 heteroatoms. The quantitative estimate of drug-likeness (QED) is 0.703. The van der Waals surface area contributed by atoms with Crippen LogP contribution in [0.1, 0.15) is 20.3 Å². The lowest BCUT2D eigenvalue weighted by atomic mass is 9.97. The number of halogens is 2. The summed E-state index contributed by atoms with van der Waals surface area (Å²) in [5.41, 5.74) is -0.0246. The van der Waals surface area contributed by atoms with Crippen LogP contribution in [0.2, 0.25) is 5.02 Å². The second kappa shape index (κ2) is 7.93. The average Bonchev–Trinajstić information content (AvgIpc) is 2.65. The average molecular weight is 417 g/mol. The number of hydrogen-bond donors (Lipinski definition) is 0. The van der Waals surface area contributed by atoms with Crippen LogP contribution in [-0.4, -0.2) is 35.6 Å². The molecule has 0 unspecified atom stereocenters. The van der Waals surface area contributed by atoms with Gasteiger partial charge in [0, 0.05) is 17.7 Å². The van der Waals surface area contributed by atoms with Crippen LogP contribution in [0.3, 0.4) is 0 Å². The number of dihydropyridines is 1. The first-order valence-electron chi connectivity index (χ1n) is 8.52. The maximum Gasteiger partial charge on any atom is 0.255 e. The van der Waals surface area contributed by atoms with Crippen LogP contribution in [0.25, 0.3) is 0 Å². The number of aliphatic imine (C=N–C) groups is 1. The van der Waals surface area contributed by atoms with Crippen molar-refractivity contribution in [3.63, 3.8) is 0 Å². The molecule has 29 heavy (non-hydrogen) atoms.